The van der Waals surface area contributed by atoms with Crippen LogP contribution in [0.3, 0.4) is 0 Å². The molecule has 1 aliphatic heterocycles. The monoisotopic (exact) mass is 126 g/mol. The maximum absolute atomic E-state index is 5.29. The van der Waals surface area contributed by atoms with Crippen LogP contribution in [0.25, 0.3) is 0 Å². The average molecular weight is 126 g/mol. The minimum atomic E-state index is 0.360. The zero-order valence-electron chi connectivity index (χ0n) is 5.25. The molecule has 0 radical (unpaired) electrons. The number of fused-ring (bicyclic) bond motifs is 1. The minimum Gasteiger partial charge on any atom is -0.355 e. The largest absolute Gasteiger partial charge is 0.355 e. The van der Waals surface area contributed by atoms with E-state index in [9.17, 15) is 0 Å². The number of hydrogen-bond donors (Lipinski definition) is 0. The summed E-state index contributed by atoms with van der Waals surface area (Å²) in [5.41, 5.74) is 0. The van der Waals surface area contributed by atoms with Crippen molar-refractivity contribution in [2.24, 2.45) is 5.92 Å². The first-order valence-corrected chi connectivity index (χ1v) is 3.33. The highest BCUT2D eigenvalue weighted by atomic mass is 16.7. The Bertz CT molecular complexity index is 131. The van der Waals surface area contributed by atoms with Gasteiger partial charge in [-0.25, -0.2) is 0 Å². The van der Waals surface area contributed by atoms with Crippen molar-refractivity contribution in [3.05, 3.63) is 12.2 Å². The fourth-order valence-electron chi connectivity index (χ4n) is 1.36. The molecular formula is C7H10O2. The molecule has 2 rings (SSSR count). The van der Waals surface area contributed by atoms with Crippen LogP contribution in [0.2, 0.25) is 0 Å². The second kappa shape index (κ2) is 2.12. The third-order valence-corrected chi connectivity index (χ3v) is 1.90. The summed E-state index contributed by atoms with van der Waals surface area (Å²) in [6, 6.07) is 0. The third kappa shape index (κ3) is 0.884. The van der Waals surface area contributed by atoms with E-state index >= 15 is 0 Å². The van der Waals surface area contributed by atoms with Crippen LogP contribution in [0.1, 0.15) is 6.42 Å². The van der Waals surface area contributed by atoms with Gasteiger partial charge < -0.3 is 9.47 Å². The molecule has 0 N–H and O–H groups in total. The summed E-state index contributed by atoms with van der Waals surface area (Å²) in [7, 11) is 0. The minimum absolute atomic E-state index is 0.360. The SMILES string of the molecule is C1=C[C@@H]2OCOC[C@@H]2C1. The van der Waals surface area contributed by atoms with E-state index in [0.29, 0.717) is 18.8 Å². The van der Waals surface area contributed by atoms with Crippen LogP contribution in [0.4, 0.5) is 0 Å². The first-order valence-electron chi connectivity index (χ1n) is 3.33. The van der Waals surface area contributed by atoms with Crippen molar-refractivity contribution in [2.75, 3.05) is 13.4 Å². The van der Waals surface area contributed by atoms with Gasteiger partial charge in [-0.2, -0.15) is 0 Å². The Morgan fingerprint density at radius 1 is 1.44 bits per heavy atom. The highest BCUT2D eigenvalue weighted by Gasteiger charge is 2.26. The van der Waals surface area contributed by atoms with Gasteiger partial charge in [0.05, 0.1) is 12.7 Å². The van der Waals surface area contributed by atoms with E-state index in [1.54, 1.807) is 0 Å². The molecule has 9 heavy (non-hydrogen) atoms. The van der Waals surface area contributed by atoms with Crippen LogP contribution in [-0.4, -0.2) is 19.5 Å². The maximum atomic E-state index is 5.29. The molecule has 0 aromatic carbocycles. The standard InChI is InChI=1S/C7H10O2/c1-2-6-4-8-5-9-7(6)3-1/h1,3,6-7H,2,4-5H2/t6-,7-/m0/s1. The molecule has 0 spiro atoms. The first kappa shape index (κ1) is 5.45. The highest BCUT2D eigenvalue weighted by molar-refractivity contribution is 5.03. The Morgan fingerprint density at radius 3 is 3.33 bits per heavy atom. The van der Waals surface area contributed by atoms with Crippen LogP contribution < -0.4 is 0 Å². The maximum Gasteiger partial charge on any atom is 0.147 e. The number of allylic oxidation sites excluding steroid dienone is 1. The number of ether oxygens (including phenoxy) is 2. The normalized spacial score (nSPS) is 40.9. The molecule has 1 heterocycles. The van der Waals surface area contributed by atoms with Gasteiger partial charge in [0, 0.05) is 5.92 Å². The van der Waals surface area contributed by atoms with E-state index in [0.717, 1.165) is 13.0 Å². The molecule has 1 saturated heterocycles. The molecule has 1 aliphatic carbocycles. The van der Waals surface area contributed by atoms with Crippen LogP contribution in [0.5, 0.6) is 0 Å². The predicted molar refractivity (Wildman–Crippen MR) is 32.9 cm³/mol. The zero-order valence-corrected chi connectivity index (χ0v) is 5.25. The Labute approximate surface area is 54.5 Å². The number of rotatable bonds is 0. The molecule has 0 amide bonds. The van der Waals surface area contributed by atoms with Crippen LogP contribution in [-0.2, 0) is 9.47 Å². The van der Waals surface area contributed by atoms with E-state index in [1.165, 1.54) is 0 Å². The summed E-state index contributed by atoms with van der Waals surface area (Å²) in [5, 5.41) is 0. The van der Waals surface area contributed by atoms with Crippen LogP contribution in [0, 0.1) is 5.92 Å². The molecule has 0 bridgehead atoms. The van der Waals surface area contributed by atoms with Crippen molar-refractivity contribution in [2.45, 2.75) is 12.5 Å². The summed E-state index contributed by atoms with van der Waals surface area (Å²) in [6.45, 7) is 1.35. The molecule has 0 unspecified atom stereocenters. The van der Waals surface area contributed by atoms with E-state index < -0.39 is 0 Å². The molecule has 50 valence electrons. The van der Waals surface area contributed by atoms with Gasteiger partial charge in [0.25, 0.3) is 0 Å². The fraction of sp³-hybridized carbons (Fsp3) is 0.714. The lowest BCUT2D eigenvalue weighted by Gasteiger charge is -2.24. The van der Waals surface area contributed by atoms with Crippen molar-refractivity contribution in [1.82, 2.24) is 0 Å². The molecule has 2 atom stereocenters. The van der Waals surface area contributed by atoms with E-state index in [4.69, 9.17) is 9.47 Å². The van der Waals surface area contributed by atoms with Gasteiger partial charge in [0.15, 0.2) is 0 Å². The smallest absolute Gasteiger partial charge is 0.147 e. The zero-order chi connectivity index (χ0) is 6.10. The summed E-state index contributed by atoms with van der Waals surface area (Å²) in [4.78, 5) is 0. The molecule has 2 aliphatic rings. The highest BCUT2D eigenvalue weighted by Crippen LogP contribution is 2.24. The van der Waals surface area contributed by atoms with Gasteiger partial charge in [-0.3, -0.25) is 0 Å². The predicted octanol–water partition coefficient (Wildman–Crippen LogP) is 0.935. The van der Waals surface area contributed by atoms with E-state index in [-0.39, 0.29) is 0 Å². The van der Waals surface area contributed by atoms with Crippen molar-refractivity contribution < 1.29 is 9.47 Å². The molecule has 2 heteroatoms. The lowest BCUT2D eigenvalue weighted by molar-refractivity contribution is -0.148. The quantitative estimate of drug-likeness (QED) is 0.450. The van der Waals surface area contributed by atoms with Gasteiger partial charge in [0.2, 0.25) is 0 Å². The Kier molecular flexibility index (Phi) is 1.28. The van der Waals surface area contributed by atoms with Crippen molar-refractivity contribution in [3.63, 3.8) is 0 Å². The van der Waals surface area contributed by atoms with Crippen molar-refractivity contribution in [1.29, 1.82) is 0 Å². The van der Waals surface area contributed by atoms with Crippen LogP contribution >= 0.6 is 0 Å². The fourth-order valence-corrected chi connectivity index (χ4v) is 1.36. The lowest BCUT2D eigenvalue weighted by atomic mass is 10.1. The molecular weight excluding hydrogens is 116 g/mol. The summed E-state index contributed by atoms with van der Waals surface area (Å²) in [5.74, 6) is 0.610. The Morgan fingerprint density at radius 2 is 2.44 bits per heavy atom. The Hall–Kier alpha value is -0.340. The second-order valence-electron chi connectivity index (χ2n) is 2.54. The third-order valence-electron chi connectivity index (χ3n) is 1.90. The van der Waals surface area contributed by atoms with Crippen molar-refractivity contribution in [3.8, 4) is 0 Å². The van der Waals surface area contributed by atoms with E-state index in [1.807, 2.05) is 0 Å². The van der Waals surface area contributed by atoms with Gasteiger partial charge in [-0.15, -0.1) is 0 Å². The topological polar surface area (TPSA) is 18.5 Å². The summed E-state index contributed by atoms with van der Waals surface area (Å²) < 4.78 is 10.4. The lowest BCUT2D eigenvalue weighted by Crippen LogP contribution is -2.29. The molecule has 0 aromatic rings. The van der Waals surface area contributed by atoms with Gasteiger partial charge in [-0.05, 0) is 6.42 Å². The van der Waals surface area contributed by atoms with Gasteiger partial charge in [-0.1, -0.05) is 12.2 Å². The van der Waals surface area contributed by atoms with E-state index in [2.05, 4.69) is 12.2 Å². The molecule has 2 nitrogen and oxygen atoms in total. The molecule has 0 aromatic heterocycles. The Balaban J connectivity index is 2.03. The van der Waals surface area contributed by atoms with Crippen LogP contribution in [0.15, 0.2) is 12.2 Å². The second-order valence-corrected chi connectivity index (χ2v) is 2.54. The molecule has 1 fully saturated rings. The molecule has 0 saturated carbocycles. The van der Waals surface area contributed by atoms with Crippen molar-refractivity contribution >= 4 is 0 Å². The number of hydrogen-bond acceptors (Lipinski definition) is 2. The van der Waals surface area contributed by atoms with Gasteiger partial charge >= 0.3 is 0 Å². The summed E-state index contributed by atoms with van der Waals surface area (Å²) >= 11 is 0. The van der Waals surface area contributed by atoms with Gasteiger partial charge in [0.1, 0.15) is 6.79 Å². The summed E-state index contributed by atoms with van der Waals surface area (Å²) in [6.07, 6.45) is 5.79. The first-order chi connectivity index (χ1) is 4.47. The average Bonchev–Trinajstić information content (AvgIpc) is 2.33.